The Balaban J connectivity index is 1.36. The number of aromatic nitrogens is 2. The van der Waals surface area contributed by atoms with Gasteiger partial charge in [-0.15, -0.1) is 0 Å². The van der Waals surface area contributed by atoms with Crippen molar-refractivity contribution >= 4 is 23.2 Å². The Labute approximate surface area is 238 Å². The molecular formula is C30H31ClN4O5. The number of aromatic amines is 1. The van der Waals surface area contributed by atoms with Gasteiger partial charge in [0.05, 0.1) is 43.9 Å². The van der Waals surface area contributed by atoms with Crippen molar-refractivity contribution in [1.29, 1.82) is 0 Å². The van der Waals surface area contributed by atoms with Crippen LogP contribution in [0.4, 0.5) is 5.69 Å². The van der Waals surface area contributed by atoms with Crippen LogP contribution in [0.2, 0.25) is 5.02 Å². The fourth-order valence-corrected chi connectivity index (χ4v) is 4.55. The minimum atomic E-state index is -0.211. The van der Waals surface area contributed by atoms with E-state index in [1.54, 1.807) is 24.4 Å². The minimum absolute atomic E-state index is 0.121. The molecule has 1 amide bonds. The first-order valence-electron chi connectivity index (χ1n) is 13.1. The third-order valence-electron chi connectivity index (χ3n) is 6.25. The van der Waals surface area contributed by atoms with E-state index in [1.807, 2.05) is 60.4 Å². The van der Waals surface area contributed by atoms with Crippen molar-refractivity contribution in [3.05, 3.63) is 83.5 Å². The van der Waals surface area contributed by atoms with Gasteiger partial charge in [-0.2, -0.15) is 5.10 Å². The molecule has 5 rings (SSSR count). The van der Waals surface area contributed by atoms with Gasteiger partial charge in [-0.05, 0) is 61.5 Å². The van der Waals surface area contributed by atoms with Crippen LogP contribution in [0.15, 0.2) is 72.9 Å². The van der Waals surface area contributed by atoms with Gasteiger partial charge in [0, 0.05) is 29.2 Å². The van der Waals surface area contributed by atoms with Gasteiger partial charge in [-0.1, -0.05) is 23.7 Å². The second-order valence-corrected chi connectivity index (χ2v) is 9.57. The van der Waals surface area contributed by atoms with E-state index in [0.717, 1.165) is 22.6 Å². The molecule has 0 fully saturated rings. The van der Waals surface area contributed by atoms with Crippen LogP contribution in [0.3, 0.4) is 0 Å². The summed E-state index contributed by atoms with van der Waals surface area (Å²) in [7, 11) is 0. The van der Waals surface area contributed by atoms with Crippen molar-refractivity contribution in [1.82, 2.24) is 15.1 Å². The third kappa shape index (κ3) is 7.12. The van der Waals surface area contributed by atoms with Gasteiger partial charge in [0.15, 0.2) is 17.2 Å². The number of rotatable bonds is 5. The fraction of sp³-hybridized carbons (Fsp3) is 0.267. The van der Waals surface area contributed by atoms with Gasteiger partial charge in [-0.3, -0.25) is 14.8 Å². The molecular weight excluding hydrogens is 532 g/mol. The number of anilines is 1. The minimum Gasteiger partial charge on any atom is -0.494 e. The molecule has 0 saturated heterocycles. The van der Waals surface area contributed by atoms with Crippen molar-refractivity contribution in [3.63, 3.8) is 0 Å². The number of nitrogens with one attached hydrogen (secondary N) is 2. The number of amides is 1. The molecule has 9 nitrogen and oxygen atoms in total. The standard InChI is InChI=1S/C30H31ClN4O5/c1-2-38-24-10-7-21(8-11-24)30-22(18-32-34-30)19-35-13-14-37-15-16-39-27-5-3-4-6-28(27)40-26-12-9-23(31)17-25(26)33-29(36)20-35/h3-12,17-18H,2,13-16,19-20H2,1H3,(H,32,34)(H,33,36). The lowest BCUT2D eigenvalue weighted by molar-refractivity contribution is -0.117. The van der Waals surface area contributed by atoms with Gasteiger partial charge in [-0.25, -0.2) is 0 Å². The summed E-state index contributed by atoms with van der Waals surface area (Å²) in [6, 6.07) is 20.3. The van der Waals surface area contributed by atoms with Gasteiger partial charge >= 0.3 is 0 Å². The topological polar surface area (TPSA) is 97.9 Å². The fourth-order valence-electron chi connectivity index (χ4n) is 4.38. The number of benzene rings is 3. The molecule has 0 atom stereocenters. The normalized spacial score (nSPS) is 14.9. The second-order valence-electron chi connectivity index (χ2n) is 9.14. The maximum atomic E-state index is 13.3. The smallest absolute Gasteiger partial charge is 0.238 e. The molecule has 2 N–H and O–H groups in total. The predicted octanol–water partition coefficient (Wildman–Crippen LogP) is 5.77. The highest BCUT2D eigenvalue weighted by Gasteiger charge is 2.18. The Kier molecular flexibility index (Phi) is 9.18. The summed E-state index contributed by atoms with van der Waals surface area (Å²) in [5, 5.41) is 10.8. The van der Waals surface area contributed by atoms with Crippen molar-refractivity contribution < 1.29 is 23.7 Å². The zero-order chi connectivity index (χ0) is 27.7. The lowest BCUT2D eigenvalue weighted by atomic mass is 10.1. The molecule has 3 aromatic carbocycles. The maximum Gasteiger partial charge on any atom is 0.238 e. The van der Waals surface area contributed by atoms with Crippen molar-refractivity contribution in [2.45, 2.75) is 13.5 Å². The first-order chi connectivity index (χ1) is 19.6. The average Bonchev–Trinajstić information content (AvgIpc) is 3.41. The molecule has 1 aliphatic rings. The number of hydrogen-bond acceptors (Lipinski definition) is 7. The second kappa shape index (κ2) is 13.3. The van der Waals surface area contributed by atoms with E-state index in [0.29, 0.717) is 67.5 Å². The Morgan fingerprint density at radius 1 is 1.00 bits per heavy atom. The lowest BCUT2D eigenvalue weighted by Gasteiger charge is -2.22. The Morgan fingerprint density at radius 2 is 1.82 bits per heavy atom. The number of carbonyl (C=O) groups excluding carboxylic acids is 1. The summed E-state index contributed by atoms with van der Waals surface area (Å²) >= 11 is 6.27. The van der Waals surface area contributed by atoms with E-state index in [4.69, 9.17) is 30.5 Å². The molecule has 2 heterocycles. The van der Waals surface area contributed by atoms with Crippen LogP contribution >= 0.6 is 11.6 Å². The summed E-state index contributed by atoms with van der Waals surface area (Å²) in [4.78, 5) is 15.3. The van der Waals surface area contributed by atoms with Gasteiger partial charge in [0.1, 0.15) is 12.4 Å². The van der Waals surface area contributed by atoms with Gasteiger partial charge in [0.25, 0.3) is 0 Å². The molecule has 40 heavy (non-hydrogen) atoms. The number of ether oxygens (including phenoxy) is 4. The van der Waals surface area contributed by atoms with Crippen LogP contribution < -0.4 is 19.5 Å². The summed E-state index contributed by atoms with van der Waals surface area (Å²) < 4.78 is 23.5. The molecule has 0 radical (unpaired) electrons. The largest absolute Gasteiger partial charge is 0.494 e. The average molecular weight is 563 g/mol. The number of carbonyl (C=O) groups is 1. The summed E-state index contributed by atoms with van der Waals surface area (Å²) in [6.45, 7) is 4.86. The number of hydrogen-bond donors (Lipinski definition) is 2. The summed E-state index contributed by atoms with van der Waals surface area (Å²) in [6.07, 6.45) is 1.79. The molecule has 0 aliphatic carbocycles. The number of para-hydroxylation sites is 2. The molecule has 0 unspecified atom stereocenters. The predicted molar refractivity (Wildman–Crippen MR) is 153 cm³/mol. The zero-order valence-electron chi connectivity index (χ0n) is 22.2. The summed E-state index contributed by atoms with van der Waals surface area (Å²) in [5.74, 6) is 2.16. The van der Waals surface area contributed by atoms with Crippen LogP contribution in [-0.4, -0.2) is 60.5 Å². The first-order valence-corrected chi connectivity index (χ1v) is 13.5. The first kappa shape index (κ1) is 27.5. The highest BCUT2D eigenvalue weighted by atomic mass is 35.5. The molecule has 0 bridgehead atoms. The quantitative estimate of drug-likeness (QED) is 0.318. The monoisotopic (exact) mass is 562 g/mol. The Hall–Kier alpha value is -4.05. The van der Waals surface area contributed by atoms with E-state index < -0.39 is 0 Å². The van der Waals surface area contributed by atoms with Gasteiger partial charge < -0.3 is 24.3 Å². The van der Waals surface area contributed by atoms with Crippen molar-refractivity contribution in [2.24, 2.45) is 0 Å². The van der Waals surface area contributed by atoms with Crippen LogP contribution in [0, 0.1) is 0 Å². The van der Waals surface area contributed by atoms with Crippen LogP contribution in [0.5, 0.6) is 23.0 Å². The Bertz CT molecular complexity index is 1430. The van der Waals surface area contributed by atoms with Crippen molar-refractivity contribution in [3.8, 4) is 34.3 Å². The third-order valence-corrected chi connectivity index (χ3v) is 6.49. The van der Waals surface area contributed by atoms with E-state index in [-0.39, 0.29) is 12.5 Å². The molecule has 0 saturated carbocycles. The highest BCUT2D eigenvalue weighted by molar-refractivity contribution is 6.31. The zero-order valence-corrected chi connectivity index (χ0v) is 22.9. The van der Waals surface area contributed by atoms with E-state index >= 15 is 0 Å². The molecule has 1 aliphatic heterocycles. The van der Waals surface area contributed by atoms with Crippen molar-refractivity contribution in [2.75, 3.05) is 44.8 Å². The highest BCUT2D eigenvalue weighted by Crippen LogP contribution is 2.36. The SMILES string of the molecule is CCOc1ccc(-c2[nH]ncc2CN2CCOCCOc3ccccc3Oc3ccc(Cl)cc3NC(=O)C2)cc1. The lowest BCUT2D eigenvalue weighted by Crippen LogP contribution is -2.35. The van der Waals surface area contributed by atoms with E-state index in [1.165, 1.54) is 0 Å². The van der Waals surface area contributed by atoms with E-state index in [9.17, 15) is 4.79 Å². The number of fused-ring (bicyclic) bond motifs is 2. The molecule has 1 aromatic heterocycles. The number of nitrogens with zero attached hydrogens (tertiary/aromatic N) is 2. The molecule has 10 heteroatoms. The van der Waals surface area contributed by atoms with E-state index in [2.05, 4.69) is 15.5 Å². The van der Waals surface area contributed by atoms with Crippen LogP contribution in [0.25, 0.3) is 11.3 Å². The molecule has 208 valence electrons. The molecule has 4 aromatic rings. The maximum absolute atomic E-state index is 13.3. The van der Waals surface area contributed by atoms with Crippen LogP contribution in [-0.2, 0) is 16.1 Å². The van der Waals surface area contributed by atoms with Crippen LogP contribution in [0.1, 0.15) is 12.5 Å². The number of H-pyrrole nitrogens is 1. The summed E-state index contributed by atoms with van der Waals surface area (Å²) in [5.41, 5.74) is 3.29. The molecule has 0 spiro atoms. The number of halogens is 1. The van der Waals surface area contributed by atoms with Gasteiger partial charge in [0.2, 0.25) is 5.91 Å². The Morgan fingerprint density at radius 3 is 2.65 bits per heavy atom.